The molecule has 3 aromatic heterocycles. The van der Waals surface area contributed by atoms with Crippen LogP contribution in [0.4, 0.5) is 0 Å². The van der Waals surface area contributed by atoms with Crippen molar-refractivity contribution in [1.29, 1.82) is 0 Å². The summed E-state index contributed by atoms with van der Waals surface area (Å²) in [5, 5.41) is 9.38. The van der Waals surface area contributed by atoms with Crippen molar-refractivity contribution in [3.8, 4) is 0 Å². The number of hydrogen-bond acceptors (Lipinski definition) is 3. The zero-order valence-electron chi connectivity index (χ0n) is 22.6. The fraction of sp³-hybridized carbons (Fsp3) is 0.387. The summed E-state index contributed by atoms with van der Waals surface area (Å²) >= 11 is 0. The molecule has 0 aromatic carbocycles. The van der Waals surface area contributed by atoms with Crippen LogP contribution in [0.2, 0.25) is 0 Å². The van der Waals surface area contributed by atoms with E-state index in [1.807, 2.05) is 0 Å². The SMILES string of the molecule is CCC1=C(C)c2cc3[nH]c(cc4nc(cc5cc(C)c(cc1n2)[nH]5)[C@@H](CCC(=O)O)[C@@H]4C)c(C)c3CC. The lowest BCUT2D eigenvalue weighted by molar-refractivity contribution is -0.137. The van der Waals surface area contributed by atoms with E-state index in [-0.39, 0.29) is 18.3 Å². The van der Waals surface area contributed by atoms with E-state index in [4.69, 9.17) is 9.97 Å². The van der Waals surface area contributed by atoms with Crippen LogP contribution in [0.15, 0.2) is 30.3 Å². The van der Waals surface area contributed by atoms with Crippen molar-refractivity contribution in [3.05, 3.63) is 69.8 Å². The predicted octanol–water partition coefficient (Wildman–Crippen LogP) is 7.59. The Morgan fingerprint density at radius 1 is 0.892 bits per heavy atom. The van der Waals surface area contributed by atoms with Gasteiger partial charge in [-0.15, -0.1) is 0 Å². The largest absolute Gasteiger partial charge is 0.481 e. The van der Waals surface area contributed by atoms with Crippen LogP contribution in [-0.4, -0.2) is 31.0 Å². The molecular weight excluding hydrogens is 460 g/mol. The van der Waals surface area contributed by atoms with E-state index in [0.717, 1.165) is 63.2 Å². The highest BCUT2D eigenvalue weighted by Gasteiger charge is 2.29. The van der Waals surface area contributed by atoms with Crippen LogP contribution in [0.5, 0.6) is 0 Å². The van der Waals surface area contributed by atoms with Crippen LogP contribution >= 0.6 is 0 Å². The lowest BCUT2D eigenvalue weighted by Crippen LogP contribution is -2.05. The Hall–Kier alpha value is -3.67. The van der Waals surface area contributed by atoms with Gasteiger partial charge in [0, 0.05) is 51.7 Å². The summed E-state index contributed by atoms with van der Waals surface area (Å²) in [6.07, 6.45) is 2.52. The summed E-state index contributed by atoms with van der Waals surface area (Å²) < 4.78 is 0. The molecule has 0 unspecified atom stereocenters. The molecule has 2 aliphatic rings. The van der Waals surface area contributed by atoms with E-state index in [2.05, 4.69) is 81.8 Å². The smallest absolute Gasteiger partial charge is 0.303 e. The lowest BCUT2D eigenvalue weighted by atomic mass is 9.87. The number of nitrogens with zero attached hydrogens (tertiary/aromatic N) is 2. The lowest BCUT2D eigenvalue weighted by Gasteiger charge is -2.14. The molecule has 192 valence electrons. The molecule has 3 N–H and O–H groups in total. The maximum Gasteiger partial charge on any atom is 0.303 e. The van der Waals surface area contributed by atoms with Gasteiger partial charge in [-0.1, -0.05) is 20.8 Å². The van der Waals surface area contributed by atoms with Crippen LogP contribution in [0.3, 0.4) is 0 Å². The first-order valence-corrected chi connectivity index (χ1v) is 13.3. The average molecular weight is 497 g/mol. The van der Waals surface area contributed by atoms with E-state index in [0.29, 0.717) is 6.42 Å². The molecule has 8 bridgehead atoms. The highest BCUT2D eigenvalue weighted by Crippen LogP contribution is 2.40. The number of rotatable bonds is 5. The molecule has 2 atom stereocenters. The Bertz CT molecular complexity index is 1590. The van der Waals surface area contributed by atoms with E-state index in [9.17, 15) is 9.90 Å². The van der Waals surface area contributed by atoms with Gasteiger partial charge in [0.15, 0.2) is 0 Å². The van der Waals surface area contributed by atoms with E-state index in [1.54, 1.807) is 0 Å². The molecule has 0 amide bonds. The maximum atomic E-state index is 11.4. The molecule has 3 aromatic rings. The molecule has 6 heteroatoms. The Morgan fingerprint density at radius 3 is 2.35 bits per heavy atom. The van der Waals surface area contributed by atoms with Gasteiger partial charge < -0.3 is 15.1 Å². The molecule has 5 rings (SSSR count). The van der Waals surface area contributed by atoms with E-state index < -0.39 is 5.97 Å². The second kappa shape index (κ2) is 9.66. The van der Waals surface area contributed by atoms with Crippen molar-refractivity contribution < 1.29 is 9.90 Å². The molecular formula is C31H36N4O2. The van der Waals surface area contributed by atoms with Crippen LogP contribution in [0.25, 0.3) is 33.2 Å². The monoisotopic (exact) mass is 496 g/mol. The number of aryl methyl sites for hydroxylation is 3. The normalized spacial score (nSPS) is 17.5. The number of aromatic nitrogens is 4. The van der Waals surface area contributed by atoms with Crippen molar-refractivity contribution in [2.45, 2.75) is 79.1 Å². The standard InChI is InChI=1S/C31H36N4O2/c1-7-21-18(5)27-15-30-22(8-2)17(4)25(34-30)14-26-19(6)23(9-10-31(36)37)28(33-26)12-20-11-16(3)24(32-20)13-29(21)35-27/h11-15,19,23,32,34H,7-10H2,1-6H3,(H,36,37)/t19-,23-/m0/s1. The number of fused-ring (bicyclic) bond motifs is 8. The summed E-state index contributed by atoms with van der Waals surface area (Å²) in [6.45, 7) is 13.0. The van der Waals surface area contributed by atoms with Gasteiger partial charge in [-0.2, -0.15) is 0 Å². The average Bonchev–Trinajstić information content (AvgIpc) is 3.52. The van der Waals surface area contributed by atoms with Crippen molar-refractivity contribution in [2.24, 2.45) is 0 Å². The molecule has 37 heavy (non-hydrogen) atoms. The number of nitrogens with one attached hydrogen (secondary N) is 2. The van der Waals surface area contributed by atoms with Crippen molar-refractivity contribution in [3.63, 3.8) is 0 Å². The molecule has 0 spiro atoms. The second-order valence-electron chi connectivity index (χ2n) is 10.4. The summed E-state index contributed by atoms with van der Waals surface area (Å²) in [5.74, 6) is -0.600. The Morgan fingerprint density at radius 2 is 1.65 bits per heavy atom. The molecule has 5 heterocycles. The molecule has 0 saturated carbocycles. The summed E-state index contributed by atoms with van der Waals surface area (Å²) in [5.41, 5.74) is 14.2. The Balaban J connectivity index is 1.87. The summed E-state index contributed by atoms with van der Waals surface area (Å²) in [6, 6.07) is 10.7. The molecule has 0 aliphatic carbocycles. The molecule has 2 aliphatic heterocycles. The maximum absolute atomic E-state index is 11.4. The van der Waals surface area contributed by atoms with Gasteiger partial charge >= 0.3 is 5.97 Å². The third-order valence-electron chi connectivity index (χ3n) is 8.16. The van der Waals surface area contributed by atoms with Crippen LogP contribution in [0, 0.1) is 13.8 Å². The molecule has 6 nitrogen and oxygen atoms in total. The first-order valence-electron chi connectivity index (χ1n) is 13.3. The van der Waals surface area contributed by atoms with Gasteiger partial charge in [0.1, 0.15) is 0 Å². The van der Waals surface area contributed by atoms with E-state index >= 15 is 0 Å². The van der Waals surface area contributed by atoms with Gasteiger partial charge in [0.2, 0.25) is 0 Å². The number of carboxylic acids is 1. The third kappa shape index (κ3) is 4.50. The third-order valence-corrected chi connectivity index (χ3v) is 8.16. The Kier molecular flexibility index (Phi) is 6.52. The number of H-pyrrole nitrogens is 2. The highest BCUT2D eigenvalue weighted by molar-refractivity contribution is 5.92. The fourth-order valence-corrected chi connectivity index (χ4v) is 5.92. The number of carbonyl (C=O) groups is 1. The minimum Gasteiger partial charge on any atom is -0.481 e. The van der Waals surface area contributed by atoms with Crippen LogP contribution in [0.1, 0.15) is 98.3 Å². The highest BCUT2D eigenvalue weighted by atomic mass is 16.4. The van der Waals surface area contributed by atoms with E-state index in [1.165, 1.54) is 22.3 Å². The fourth-order valence-electron chi connectivity index (χ4n) is 5.92. The van der Waals surface area contributed by atoms with Gasteiger partial charge in [0.05, 0.1) is 11.4 Å². The molecule has 0 fully saturated rings. The summed E-state index contributed by atoms with van der Waals surface area (Å²) in [4.78, 5) is 28.8. The van der Waals surface area contributed by atoms with Crippen LogP contribution < -0.4 is 0 Å². The van der Waals surface area contributed by atoms with Crippen molar-refractivity contribution in [2.75, 3.05) is 0 Å². The second-order valence-corrected chi connectivity index (χ2v) is 10.4. The first-order chi connectivity index (χ1) is 17.7. The molecule has 0 saturated heterocycles. The zero-order chi connectivity index (χ0) is 26.4. The minimum atomic E-state index is -0.772. The topological polar surface area (TPSA) is 94.7 Å². The quantitative estimate of drug-likeness (QED) is 0.339. The van der Waals surface area contributed by atoms with Crippen molar-refractivity contribution >= 4 is 39.2 Å². The van der Waals surface area contributed by atoms with Gasteiger partial charge in [-0.25, -0.2) is 4.98 Å². The van der Waals surface area contributed by atoms with Crippen LogP contribution in [-0.2, 0) is 11.2 Å². The minimum absolute atomic E-state index is 0.0502. The van der Waals surface area contributed by atoms with Gasteiger partial charge in [-0.05, 0) is 98.2 Å². The number of hydrogen-bond donors (Lipinski definition) is 3. The van der Waals surface area contributed by atoms with Gasteiger partial charge in [0.25, 0.3) is 0 Å². The van der Waals surface area contributed by atoms with Crippen molar-refractivity contribution in [1.82, 2.24) is 19.9 Å². The predicted molar refractivity (Wildman–Crippen MR) is 151 cm³/mol. The Labute approximate surface area is 217 Å². The number of aromatic amines is 2. The number of carboxylic acid groups (broad SMARTS) is 1. The van der Waals surface area contributed by atoms with Gasteiger partial charge in [-0.3, -0.25) is 9.78 Å². The number of aliphatic carboxylic acids is 1. The molecule has 0 radical (unpaired) electrons. The zero-order valence-corrected chi connectivity index (χ0v) is 22.6. The first kappa shape index (κ1) is 25.0. The summed E-state index contributed by atoms with van der Waals surface area (Å²) in [7, 11) is 0. The number of allylic oxidation sites excluding steroid dienone is 2.